The van der Waals surface area contributed by atoms with Gasteiger partial charge < -0.3 is 4.74 Å². The summed E-state index contributed by atoms with van der Waals surface area (Å²) < 4.78 is 5.53. The van der Waals surface area contributed by atoms with Crippen molar-refractivity contribution in [2.45, 2.75) is 13.0 Å². The highest BCUT2D eigenvalue weighted by Gasteiger charge is 2.17. The molecule has 0 aromatic heterocycles. The molecule has 3 nitrogen and oxygen atoms in total. The zero-order valence-electron chi connectivity index (χ0n) is 9.43. The molecule has 0 fully saturated rings. The predicted molar refractivity (Wildman–Crippen MR) is 60.1 cm³/mol. The van der Waals surface area contributed by atoms with Gasteiger partial charge in [0, 0.05) is 0 Å². The van der Waals surface area contributed by atoms with Crippen molar-refractivity contribution in [3.05, 3.63) is 30.3 Å². The molecule has 1 rings (SSSR count). The molecule has 0 N–H and O–H groups in total. The Morgan fingerprint density at radius 1 is 1.33 bits per heavy atom. The van der Waals surface area contributed by atoms with E-state index >= 15 is 0 Å². The molecule has 0 aliphatic carbocycles. The van der Waals surface area contributed by atoms with Crippen molar-refractivity contribution < 1.29 is 9.53 Å². The van der Waals surface area contributed by atoms with Gasteiger partial charge in [0.1, 0.15) is 24.2 Å². The van der Waals surface area contributed by atoms with Crippen molar-refractivity contribution in [3.8, 4) is 5.75 Å². The Labute approximate surface area is 90.7 Å². The van der Waals surface area contributed by atoms with Crippen LogP contribution in [0.2, 0.25) is 0 Å². The summed E-state index contributed by atoms with van der Waals surface area (Å²) in [7, 11) is 3.75. The molecule has 0 spiro atoms. The first-order valence-corrected chi connectivity index (χ1v) is 4.96. The fourth-order valence-electron chi connectivity index (χ4n) is 1.32. The fraction of sp³-hybridized carbons (Fsp3) is 0.417. The van der Waals surface area contributed by atoms with E-state index < -0.39 is 0 Å². The van der Waals surface area contributed by atoms with Gasteiger partial charge in [-0.2, -0.15) is 0 Å². The highest BCUT2D eigenvalue weighted by molar-refractivity contribution is 5.81. The summed E-state index contributed by atoms with van der Waals surface area (Å²) >= 11 is 0. The largest absolute Gasteiger partial charge is 0.491 e. The van der Waals surface area contributed by atoms with Crippen LogP contribution in [0.1, 0.15) is 6.92 Å². The lowest BCUT2D eigenvalue weighted by Crippen LogP contribution is -2.39. The molecule has 0 bridgehead atoms. The summed E-state index contributed by atoms with van der Waals surface area (Å²) in [5, 5.41) is 0. The van der Waals surface area contributed by atoms with Crippen LogP contribution in [-0.2, 0) is 4.79 Å². The van der Waals surface area contributed by atoms with Crippen LogP contribution in [0.25, 0.3) is 0 Å². The maximum absolute atomic E-state index is 11.3. The van der Waals surface area contributed by atoms with E-state index in [0.29, 0.717) is 6.61 Å². The summed E-state index contributed by atoms with van der Waals surface area (Å²) in [6.07, 6.45) is 0. The maximum Gasteiger partial charge on any atom is 0.150 e. The first kappa shape index (κ1) is 11.7. The third-order valence-corrected chi connectivity index (χ3v) is 2.24. The van der Waals surface area contributed by atoms with Crippen LogP contribution in [0.3, 0.4) is 0 Å². The van der Waals surface area contributed by atoms with Gasteiger partial charge >= 0.3 is 0 Å². The van der Waals surface area contributed by atoms with Gasteiger partial charge in [-0.25, -0.2) is 0 Å². The second kappa shape index (κ2) is 5.51. The number of Topliss-reactive ketones (excluding diaryl/α,β-unsaturated/α-hetero) is 1. The van der Waals surface area contributed by atoms with Crippen molar-refractivity contribution in [2.75, 3.05) is 20.7 Å². The normalized spacial score (nSPS) is 12.5. The summed E-state index contributed by atoms with van der Waals surface area (Å²) in [5.41, 5.74) is 0. The lowest BCUT2D eigenvalue weighted by Gasteiger charge is -2.21. The van der Waals surface area contributed by atoms with Gasteiger partial charge in [-0.15, -0.1) is 0 Å². The van der Waals surface area contributed by atoms with Crippen molar-refractivity contribution >= 4 is 5.78 Å². The fourth-order valence-corrected chi connectivity index (χ4v) is 1.32. The Kier molecular flexibility index (Phi) is 4.31. The van der Waals surface area contributed by atoms with Gasteiger partial charge in [0.25, 0.3) is 0 Å². The number of rotatable bonds is 5. The predicted octanol–water partition coefficient (Wildman–Crippen LogP) is 1.58. The molecule has 82 valence electrons. The van der Waals surface area contributed by atoms with Gasteiger partial charge in [0.15, 0.2) is 0 Å². The number of benzene rings is 1. The lowest BCUT2D eigenvalue weighted by molar-refractivity contribution is -0.122. The van der Waals surface area contributed by atoms with E-state index in [9.17, 15) is 4.79 Å². The number of hydrogen-bond acceptors (Lipinski definition) is 3. The molecule has 1 atom stereocenters. The van der Waals surface area contributed by atoms with E-state index in [0.717, 1.165) is 5.75 Å². The Bertz CT molecular complexity index is 309. The summed E-state index contributed by atoms with van der Waals surface area (Å²) in [6.45, 7) is 1.98. The summed E-state index contributed by atoms with van der Waals surface area (Å²) in [4.78, 5) is 13.2. The average molecular weight is 207 g/mol. The quantitative estimate of drug-likeness (QED) is 0.734. The van der Waals surface area contributed by atoms with Crippen molar-refractivity contribution in [1.82, 2.24) is 4.90 Å². The number of ketones is 1. The second-order valence-corrected chi connectivity index (χ2v) is 3.71. The van der Waals surface area contributed by atoms with Crippen LogP contribution in [0.4, 0.5) is 0 Å². The van der Waals surface area contributed by atoms with Gasteiger partial charge in [0.2, 0.25) is 0 Å². The molecule has 1 aromatic rings. The summed E-state index contributed by atoms with van der Waals surface area (Å²) in [6, 6.07) is 9.34. The number of para-hydroxylation sites is 1. The van der Waals surface area contributed by atoms with E-state index in [-0.39, 0.29) is 11.8 Å². The Hall–Kier alpha value is -1.35. The molecule has 0 unspecified atom stereocenters. The molecule has 0 saturated carbocycles. The SMILES string of the molecule is CC(=O)[C@H](COc1ccccc1)N(C)C. The minimum absolute atomic E-state index is 0.121. The summed E-state index contributed by atoms with van der Waals surface area (Å²) in [5.74, 6) is 0.918. The van der Waals surface area contributed by atoms with Crippen LogP contribution < -0.4 is 4.74 Å². The molecule has 0 aliphatic rings. The van der Waals surface area contributed by atoms with E-state index in [2.05, 4.69) is 0 Å². The smallest absolute Gasteiger partial charge is 0.150 e. The third kappa shape index (κ3) is 3.72. The van der Waals surface area contributed by atoms with Gasteiger partial charge in [-0.1, -0.05) is 18.2 Å². The molecule has 0 heterocycles. The average Bonchev–Trinajstić information content (AvgIpc) is 2.18. The zero-order valence-corrected chi connectivity index (χ0v) is 9.43. The molecule has 1 aromatic carbocycles. The van der Waals surface area contributed by atoms with Crippen molar-refractivity contribution in [1.29, 1.82) is 0 Å². The second-order valence-electron chi connectivity index (χ2n) is 3.71. The first-order chi connectivity index (χ1) is 7.11. The van der Waals surface area contributed by atoms with Crippen molar-refractivity contribution in [3.63, 3.8) is 0 Å². The van der Waals surface area contributed by atoms with Gasteiger partial charge in [-0.3, -0.25) is 9.69 Å². The molecule has 3 heteroatoms. The van der Waals surface area contributed by atoms with Crippen LogP contribution in [-0.4, -0.2) is 37.4 Å². The van der Waals surface area contributed by atoms with Crippen LogP contribution in [0.15, 0.2) is 30.3 Å². The minimum atomic E-state index is -0.176. The topological polar surface area (TPSA) is 29.5 Å². The molecular formula is C12H17NO2. The van der Waals surface area contributed by atoms with E-state index in [1.165, 1.54) is 0 Å². The number of nitrogens with zero attached hydrogens (tertiary/aromatic N) is 1. The van der Waals surface area contributed by atoms with E-state index in [1.807, 2.05) is 49.3 Å². The monoisotopic (exact) mass is 207 g/mol. The molecule has 0 radical (unpaired) electrons. The highest BCUT2D eigenvalue weighted by atomic mass is 16.5. The first-order valence-electron chi connectivity index (χ1n) is 4.96. The minimum Gasteiger partial charge on any atom is -0.491 e. The molecule has 0 aliphatic heterocycles. The maximum atomic E-state index is 11.3. The Morgan fingerprint density at radius 3 is 2.40 bits per heavy atom. The Balaban J connectivity index is 2.51. The molecule has 15 heavy (non-hydrogen) atoms. The van der Waals surface area contributed by atoms with E-state index in [1.54, 1.807) is 6.92 Å². The number of carbonyl (C=O) groups excluding carboxylic acids is 1. The standard InChI is InChI=1S/C12H17NO2/c1-10(14)12(13(2)3)9-15-11-7-5-4-6-8-11/h4-8,12H,9H2,1-3H3/t12-/m0/s1. The van der Waals surface area contributed by atoms with Crippen LogP contribution in [0, 0.1) is 0 Å². The lowest BCUT2D eigenvalue weighted by atomic mass is 10.2. The number of ether oxygens (including phenoxy) is 1. The van der Waals surface area contributed by atoms with E-state index in [4.69, 9.17) is 4.74 Å². The Morgan fingerprint density at radius 2 is 1.93 bits per heavy atom. The number of carbonyl (C=O) groups is 1. The molecule has 0 amide bonds. The van der Waals surface area contributed by atoms with Crippen molar-refractivity contribution in [2.24, 2.45) is 0 Å². The number of hydrogen-bond donors (Lipinski definition) is 0. The zero-order chi connectivity index (χ0) is 11.3. The number of likely N-dealkylation sites (N-methyl/N-ethyl adjacent to an activating group) is 1. The molecular weight excluding hydrogens is 190 g/mol. The third-order valence-electron chi connectivity index (χ3n) is 2.24. The van der Waals surface area contributed by atoms with Crippen LogP contribution >= 0.6 is 0 Å². The van der Waals surface area contributed by atoms with Gasteiger partial charge in [-0.05, 0) is 33.2 Å². The highest BCUT2D eigenvalue weighted by Crippen LogP contribution is 2.09. The molecule has 0 saturated heterocycles. The van der Waals surface area contributed by atoms with Gasteiger partial charge in [0.05, 0.1) is 0 Å². The van der Waals surface area contributed by atoms with Crippen LogP contribution in [0.5, 0.6) is 5.75 Å².